The van der Waals surface area contributed by atoms with E-state index in [4.69, 9.17) is 11.5 Å². The van der Waals surface area contributed by atoms with Crippen LogP contribution in [-0.2, 0) is 9.59 Å². The van der Waals surface area contributed by atoms with Gasteiger partial charge in [0.1, 0.15) is 6.04 Å². The second-order valence-electron chi connectivity index (χ2n) is 8.27. The number of nitrogens with two attached hydrogens (primary N) is 2. The molecule has 1 saturated carbocycles. The predicted octanol–water partition coefficient (Wildman–Crippen LogP) is 1.47. The number of nitrogens with zero attached hydrogens (tertiary/aromatic N) is 1. The van der Waals surface area contributed by atoms with Crippen molar-refractivity contribution in [1.82, 2.24) is 10.2 Å². The van der Waals surface area contributed by atoms with Gasteiger partial charge in [-0.25, -0.2) is 0 Å². The van der Waals surface area contributed by atoms with Gasteiger partial charge in [0.2, 0.25) is 11.8 Å². The van der Waals surface area contributed by atoms with Crippen molar-refractivity contribution in [2.24, 2.45) is 17.4 Å². The molecule has 0 aromatic carbocycles. The van der Waals surface area contributed by atoms with Crippen LogP contribution in [0.3, 0.4) is 0 Å². The summed E-state index contributed by atoms with van der Waals surface area (Å²) in [6, 6.07) is -1.31. The Morgan fingerprint density at radius 1 is 1.27 bits per heavy atom. The van der Waals surface area contributed by atoms with Gasteiger partial charge in [-0.1, -0.05) is 26.2 Å². The maximum Gasteiger partial charge on any atom is 0.242 e. The molecular formula is C19H36N4O2S. The molecule has 1 heterocycles. The van der Waals surface area contributed by atoms with Crippen molar-refractivity contribution in [3.63, 3.8) is 0 Å². The molecule has 2 aliphatic rings. The zero-order valence-corrected chi connectivity index (χ0v) is 17.3. The maximum absolute atomic E-state index is 13.0. The summed E-state index contributed by atoms with van der Waals surface area (Å²) in [4.78, 5) is 27.3. The second kappa shape index (κ2) is 9.42. The monoisotopic (exact) mass is 384 g/mol. The highest BCUT2D eigenvalue weighted by Gasteiger charge is 2.43. The number of likely N-dealkylation sites (tertiary alicyclic amines) is 1. The third kappa shape index (κ3) is 5.36. The lowest BCUT2D eigenvalue weighted by Gasteiger charge is -2.34. The topological polar surface area (TPSA) is 101 Å². The van der Waals surface area contributed by atoms with Crippen molar-refractivity contribution in [3.8, 4) is 0 Å². The lowest BCUT2D eigenvalue weighted by atomic mass is 9.89. The number of nitrogens with one attached hydrogen (secondary N) is 1. The number of thioether (sulfide) groups is 1. The summed E-state index contributed by atoms with van der Waals surface area (Å²) < 4.78 is -0.373. The van der Waals surface area contributed by atoms with Gasteiger partial charge >= 0.3 is 0 Å². The van der Waals surface area contributed by atoms with Crippen LogP contribution in [0.1, 0.15) is 59.3 Å². The molecule has 6 nitrogen and oxygen atoms in total. The average molecular weight is 385 g/mol. The number of carbonyl (C=O) groups excluding carboxylic acids is 2. The van der Waals surface area contributed by atoms with Crippen molar-refractivity contribution < 1.29 is 9.59 Å². The van der Waals surface area contributed by atoms with Crippen LogP contribution in [0.25, 0.3) is 0 Å². The van der Waals surface area contributed by atoms with Crippen LogP contribution in [0, 0.1) is 5.92 Å². The highest BCUT2D eigenvalue weighted by atomic mass is 32.2. The van der Waals surface area contributed by atoms with Gasteiger partial charge in [0.25, 0.3) is 0 Å². The van der Waals surface area contributed by atoms with Gasteiger partial charge in [0.05, 0.1) is 6.04 Å². The number of carbonyl (C=O) groups is 2. The third-order valence-corrected chi connectivity index (χ3v) is 7.03. The molecule has 2 fully saturated rings. The predicted molar refractivity (Wildman–Crippen MR) is 108 cm³/mol. The summed E-state index contributed by atoms with van der Waals surface area (Å²) in [5.41, 5.74) is 12.4. The van der Waals surface area contributed by atoms with E-state index in [1.54, 1.807) is 16.7 Å². The van der Waals surface area contributed by atoms with E-state index in [2.05, 4.69) is 12.2 Å². The molecule has 7 heteroatoms. The molecule has 26 heavy (non-hydrogen) atoms. The molecule has 150 valence electrons. The molecule has 0 aromatic heterocycles. The van der Waals surface area contributed by atoms with E-state index in [0.717, 1.165) is 5.75 Å². The first-order valence-electron chi connectivity index (χ1n) is 9.99. The number of hydrogen-bond donors (Lipinski definition) is 3. The smallest absolute Gasteiger partial charge is 0.242 e. The second-order valence-corrected chi connectivity index (χ2v) is 10.2. The molecule has 2 rings (SSSR count). The first-order valence-corrected chi connectivity index (χ1v) is 11.0. The minimum atomic E-state index is -0.647. The Hall–Kier alpha value is -0.790. The summed E-state index contributed by atoms with van der Waals surface area (Å²) >= 11 is 1.66. The van der Waals surface area contributed by atoms with Gasteiger partial charge in [-0.3, -0.25) is 9.59 Å². The van der Waals surface area contributed by atoms with Crippen molar-refractivity contribution in [3.05, 3.63) is 0 Å². The maximum atomic E-state index is 13.0. The van der Waals surface area contributed by atoms with Crippen LogP contribution >= 0.6 is 11.8 Å². The quantitative estimate of drug-likeness (QED) is 0.617. The van der Waals surface area contributed by atoms with Gasteiger partial charge < -0.3 is 21.7 Å². The number of hydrogen-bond acceptors (Lipinski definition) is 5. The summed E-state index contributed by atoms with van der Waals surface area (Å²) in [5, 5.41) is 3.07. The van der Waals surface area contributed by atoms with E-state index in [0.29, 0.717) is 25.4 Å². The van der Waals surface area contributed by atoms with E-state index in [1.165, 1.54) is 32.1 Å². The molecule has 1 aliphatic heterocycles. The molecule has 0 radical (unpaired) electrons. The lowest BCUT2D eigenvalue weighted by Crippen LogP contribution is -2.57. The van der Waals surface area contributed by atoms with Crippen LogP contribution in [-0.4, -0.2) is 58.4 Å². The van der Waals surface area contributed by atoms with Crippen LogP contribution < -0.4 is 16.8 Å². The highest BCUT2D eigenvalue weighted by Crippen LogP contribution is 2.29. The van der Waals surface area contributed by atoms with Crippen molar-refractivity contribution >= 4 is 23.6 Å². The minimum Gasteiger partial charge on any atom is -0.354 e. The molecule has 0 aromatic rings. The number of amides is 2. The zero-order valence-electron chi connectivity index (χ0n) is 16.5. The molecule has 0 spiro atoms. The van der Waals surface area contributed by atoms with Crippen molar-refractivity contribution in [1.29, 1.82) is 0 Å². The molecule has 2 amide bonds. The van der Waals surface area contributed by atoms with E-state index < -0.39 is 12.1 Å². The Labute approximate surface area is 162 Å². The lowest BCUT2D eigenvalue weighted by molar-refractivity contribution is -0.139. The fourth-order valence-electron chi connectivity index (χ4n) is 4.05. The summed E-state index contributed by atoms with van der Waals surface area (Å²) in [7, 11) is 0. The van der Waals surface area contributed by atoms with E-state index in [1.807, 2.05) is 13.8 Å². The van der Waals surface area contributed by atoms with Crippen LogP contribution in [0.15, 0.2) is 0 Å². The van der Waals surface area contributed by atoms with Crippen LogP contribution in [0.4, 0.5) is 0 Å². The fourth-order valence-corrected chi connectivity index (χ4v) is 5.08. The van der Waals surface area contributed by atoms with Crippen LogP contribution in [0.5, 0.6) is 0 Å². The van der Waals surface area contributed by atoms with Crippen LogP contribution in [0.2, 0.25) is 0 Å². The summed E-state index contributed by atoms with van der Waals surface area (Å²) in [6.45, 7) is 7.13. The molecule has 3 atom stereocenters. The Morgan fingerprint density at radius 3 is 2.54 bits per heavy atom. The summed E-state index contributed by atoms with van der Waals surface area (Å²) in [5.74, 6) is 1.21. The normalized spacial score (nSPS) is 26.0. The van der Waals surface area contributed by atoms with Crippen molar-refractivity contribution in [2.45, 2.75) is 82.2 Å². The van der Waals surface area contributed by atoms with E-state index in [9.17, 15) is 9.59 Å². The fraction of sp³-hybridized carbons (Fsp3) is 0.895. The average Bonchev–Trinajstić information content (AvgIpc) is 3.01. The minimum absolute atomic E-state index is 0.0787. The molecule has 0 bridgehead atoms. The van der Waals surface area contributed by atoms with Gasteiger partial charge in [-0.05, 0) is 44.8 Å². The molecule has 0 unspecified atom stereocenters. The highest BCUT2D eigenvalue weighted by molar-refractivity contribution is 8.00. The molecule has 1 saturated heterocycles. The molecule has 1 aliphatic carbocycles. The zero-order chi connectivity index (χ0) is 19.3. The Morgan fingerprint density at radius 2 is 1.92 bits per heavy atom. The van der Waals surface area contributed by atoms with Crippen molar-refractivity contribution in [2.75, 3.05) is 18.8 Å². The SMILES string of the molecule is CCSC(C)(C)[C@@H](N)C(=O)N1C[C@H](N)C[C@H]1C(=O)NCC1CCCCC1. The first kappa shape index (κ1) is 21.5. The summed E-state index contributed by atoms with van der Waals surface area (Å²) in [6.07, 6.45) is 6.67. The first-order chi connectivity index (χ1) is 12.3. The third-order valence-electron chi connectivity index (χ3n) is 5.74. The van der Waals surface area contributed by atoms with Gasteiger partial charge in [-0.2, -0.15) is 11.8 Å². The Kier molecular flexibility index (Phi) is 7.79. The van der Waals surface area contributed by atoms with Gasteiger partial charge in [0.15, 0.2) is 0 Å². The van der Waals surface area contributed by atoms with E-state index in [-0.39, 0.29) is 22.6 Å². The standard InChI is InChI=1S/C19H36N4O2S/c1-4-26-19(2,3)16(21)18(25)23-12-14(20)10-15(23)17(24)22-11-13-8-6-5-7-9-13/h13-16H,4-12,20-21H2,1-3H3,(H,22,24)/t14-,15+,16+/m1/s1. The Balaban J connectivity index is 1.97. The Bertz CT molecular complexity index is 494. The van der Waals surface area contributed by atoms with E-state index >= 15 is 0 Å². The van der Waals surface area contributed by atoms with Gasteiger partial charge in [0, 0.05) is 23.9 Å². The van der Waals surface area contributed by atoms with Gasteiger partial charge in [-0.15, -0.1) is 0 Å². The number of rotatable bonds is 7. The molecular weight excluding hydrogens is 348 g/mol. The largest absolute Gasteiger partial charge is 0.354 e. The molecule has 5 N–H and O–H groups in total.